The van der Waals surface area contributed by atoms with Crippen LogP contribution in [0.15, 0.2) is 24.3 Å². The molecule has 0 aliphatic rings. The molecule has 0 aliphatic carbocycles. The van der Waals surface area contributed by atoms with Crippen molar-refractivity contribution in [3.8, 4) is 0 Å². The standard InChI is InChI=1S/C50H88/c1-9-13-17-21-25-29-35-41(5)47-45-39-33-34-40-46(45)48(42(6)36-30-26-22-18-14-10-2)50(44(8)38-32-28-24-20-16-12-4)49(47)43(7)37-31-27-23-19-15-11-3/h33-34,39-44H,9-32,35-38H2,1-8H3. The zero-order valence-corrected chi connectivity index (χ0v) is 35.4. The Morgan fingerprint density at radius 1 is 0.300 bits per heavy atom. The van der Waals surface area contributed by atoms with Gasteiger partial charge in [-0.25, -0.2) is 0 Å². The molecule has 0 bridgehead atoms. The third kappa shape index (κ3) is 16.2. The van der Waals surface area contributed by atoms with Crippen LogP contribution < -0.4 is 0 Å². The summed E-state index contributed by atoms with van der Waals surface area (Å²) in [6.45, 7) is 19.9. The van der Waals surface area contributed by atoms with Gasteiger partial charge in [-0.2, -0.15) is 0 Å². The summed E-state index contributed by atoms with van der Waals surface area (Å²) in [7, 11) is 0. The normalized spacial score (nSPS) is 14.3. The summed E-state index contributed by atoms with van der Waals surface area (Å²) >= 11 is 0. The van der Waals surface area contributed by atoms with Gasteiger partial charge in [-0.15, -0.1) is 0 Å². The molecule has 0 saturated heterocycles. The lowest BCUT2D eigenvalue weighted by atomic mass is 9.71. The second-order valence-electron chi connectivity index (χ2n) is 17.0. The average Bonchev–Trinajstić information content (AvgIpc) is 3.12. The first kappa shape index (κ1) is 44.9. The number of hydrogen-bond donors (Lipinski definition) is 0. The van der Waals surface area contributed by atoms with E-state index in [0.717, 1.165) is 0 Å². The van der Waals surface area contributed by atoms with E-state index < -0.39 is 0 Å². The largest absolute Gasteiger partial charge is 0.0654 e. The zero-order valence-electron chi connectivity index (χ0n) is 35.4. The molecule has 0 saturated carbocycles. The molecular formula is C50H88. The lowest BCUT2D eigenvalue weighted by Gasteiger charge is -2.33. The fraction of sp³-hybridized carbons (Fsp3) is 0.800. The maximum Gasteiger partial charge on any atom is -0.0143 e. The van der Waals surface area contributed by atoms with Crippen LogP contribution in [0.25, 0.3) is 10.8 Å². The second kappa shape index (κ2) is 28.2. The molecule has 0 spiro atoms. The first-order chi connectivity index (χ1) is 24.4. The van der Waals surface area contributed by atoms with E-state index in [1.807, 2.05) is 11.1 Å². The van der Waals surface area contributed by atoms with Gasteiger partial charge in [0, 0.05) is 0 Å². The van der Waals surface area contributed by atoms with E-state index in [1.54, 1.807) is 21.9 Å². The SMILES string of the molecule is CCCCCCCCC(C)c1c(C(C)CCCCCCCC)c(C(C)CCCCCCCC)c2ccccc2c1C(C)CCCCCCCC. The average molecular weight is 689 g/mol. The van der Waals surface area contributed by atoms with Crippen molar-refractivity contribution in [3.05, 3.63) is 46.5 Å². The third-order valence-electron chi connectivity index (χ3n) is 12.3. The molecule has 0 aliphatic heterocycles. The Bertz CT molecular complexity index is 1010. The highest BCUT2D eigenvalue weighted by Gasteiger charge is 2.29. The van der Waals surface area contributed by atoms with E-state index in [2.05, 4.69) is 79.7 Å². The van der Waals surface area contributed by atoms with Gasteiger partial charge in [0.25, 0.3) is 0 Å². The summed E-state index contributed by atoms with van der Waals surface area (Å²) in [5, 5.41) is 3.21. The number of hydrogen-bond acceptors (Lipinski definition) is 0. The second-order valence-corrected chi connectivity index (χ2v) is 17.0. The molecule has 0 fully saturated rings. The molecule has 2 aromatic rings. The highest BCUT2D eigenvalue weighted by molar-refractivity contribution is 5.92. The van der Waals surface area contributed by atoms with Gasteiger partial charge < -0.3 is 0 Å². The third-order valence-corrected chi connectivity index (χ3v) is 12.3. The fourth-order valence-corrected chi connectivity index (χ4v) is 9.16. The maximum absolute atomic E-state index is 2.64. The van der Waals surface area contributed by atoms with Crippen molar-refractivity contribution in [3.63, 3.8) is 0 Å². The van der Waals surface area contributed by atoms with Crippen LogP contribution >= 0.6 is 0 Å². The van der Waals surface area contributed by atoms with Gasteiger partial charge in [0.15, 0.2) is 0 Å². The highest BCUT2D eigenvalue weighted by Crippen LogP contribution is 2.48. The monoisotopic (exact) mass is 689 g/mol. The van der Waals surface area contributed by atoms with Crippen LogP contribution in [0, 0.1) is 0 Å². The molecule has 0 heteroatoms. The van der Waals surface area contributed by atoms with Crippen LogP contribution in [0.4, 0.5) is 0 Å². The Morgan fingerprint density at radius 2 is 0.520 bits per heavy atom. The minimum absolute atomic E-state index is 0.621. The summed E-state index contributed by atoms with van der Waals surface area (Å²) < 4.78 is 0. The predicted molar refractivity (Wildman–Crippen MR) is 230 cm³/mol. The van der Waals surface area contributed by atoms with Gasteiger partial charge in [0.05, 0.1) is 0 Å². The van der Waals surface area contributed by atoms with Crippen molar-refractivity contribution in [1.29, 1.82) is 0 Å². The Balaban J connectivity index is 2.59. The molecule has 2 aromatic carbocycles. The van der Waals surface area contributed by atoms with E-state index in [0.29, 0.717) is 23.7 Å². The number of rotatable bonds is 32. The summed E-state index contributed by atoms with van der Waals surface area (Å²) in [6, 6.07) is 9.78. The van der Waals surface area contributed by atoms with Crippen molar-refractivity contribution < 1.29 is 0 Å². The summed E-state index contributed by atoms with van der Waals surface area (Å²) in [5.74, 6) is 2.51. The Kier molecular flexibility index (Phi) is 25.3. The summed E-state index contributed by atoms with van der Waals surface area (Å²) in [4.78, 5) is 0. The van der Waals surface area contributed by atoms with Crippen LogP contribution in [-0.4, -0.2) is 0 Å². The smallest absolute Gasteiger partial charge is 0.0143 e. The van der Waals surface area contributed by atoms with E-state index in [4.69, 9.17) is 0 Å². The minimum atomic E-state index is 0.621. The summed E-state index contributed by atoms with van der Waals surface area (Å²) in [6.07, 6.45) is 38.8. The van der Waals surface area contributed by atoms with Crippen LogP contribution in [-0.2, 0) is 0 Å². The lowest BCUT2D eigenvalue weighted by molar-refractivity contribution is 0.520. The molecule has 4 atom stereocenters. The van der Waals surface area contributed by atoms with Gasteiger partial charge in [-0.3, -0.25) is 0 Å². The molecule has 2 rings (SSSR count). The predicted octanol–water partition coefficient (Wildman–Crippen LogP) is 18.3. The quantitative estimate of drug-likeness (QED) is 0.0671. The van der Waals surface area contributed by atoms with Gasteiger partial charge in [0.1, 0.15) is 0 Å². The first-order valence-corrected chi connectivity index (χ1v) is 23.0. The van der Waals surface area contributed by atoms with Gasteiger partial charge in [-0.1, -0.05) is 234 Å². The van der Waals surface area contributed by atoms with Crippen molar-refractivity contribution in [2.24, 2.45) is 0 Å². The lowest BCUT2D eigenvalue weighted by Crippen LogP contribution is -2.16. The van der Waals surface area contributed by atoms with Crippen LogP contribution in [0.5, 0.6) is 0 Å². The Labute approximate surface area is 315 Å². The Morgan fingerprint density at radius 3 is 0.780 bits per heavy atom. The van der Waals surface area contributed by atoms with Crippen LogP contribution in [0.2, 0.25) is 0 Å². The number of unbranched alkanes of at least 4 members (excludes halogenated alkanes) is 20. The van der Waals surface area contributed by atoms with E-state index in [9.17, 15) is 0 Å². The van der Waals surface area contributed by atoms with Crippen LogP contribution in [0.1, 0.15) is 281 Å². The first-order valence-electron chi connectivity index (χ1n) is 23.0. The van der Waals surface area contributed by atoms with Crippen LogP contribution in [0.3, 0.4) is 0 Å². The fourth-order valence-electron chi connectivity index (χ4n) is 9.16. The Hall–Kier alpha value is -1.30. The molecule has 0 amide bonds. The van der Waals surface area contributed by atoms with E-state index >= 15 is 0 Å². The minimum Gasteiger partial charge on any atom is -0.0654 e. The zero-order chi connectivity index (χ0) is 36.4. The maximum atomic E-state index is 2.64. The van der Waals surface area contributed by atoms with Crippen molar-refractivity contribution in [2.45, 2.75) is 259 Å². The molecule has 50 heavy (non-hydrogen) atoms. The molecule has 0 radical (unpaired) electrons. The molecule has 0 nitrogen and oxygen atoms in total. The van der Waals surface area contributed by atoms with E-state index in [-0.39, 0.29) is 0 Å². The highest BCUT2D eigenvalue weighted by atomic mass is 14.3. The molecular weight excluding hydrogens is 601 g/mol. The number of fused-ring (bicyclic) bond motifs is 1. The van der Waals surface area contributed by atoms with E-state index in [1.165, 1.54) is 180 Å². The molecule has 288 valence electrons. The van der Waals surface area contributed by atoms with Gasteiger partial charge >= 0.3 is 0 Å². The number of benzene rings is 2. The van der Waals surface area contributed by atoms with Gasteiger partial charge in [-0.05, 0) is 82.4 Å². The van der Waals surface area contributed by atoms with Crippen molar-refractivity contribution in [1.82, 2.24) is 0 Å². The van der Waals surface area contributed by atoms with Gasteiger partial charge in [0.2, 0.25) is 0 Å². The van der Waals surface area contributed by atoms with Crippen molar-refractivity contribution >= 4 is 10.8 Å². The van der Waals surface area contributed by atoms with Crippen molar-refractivity contribution in [2.75, 3.05) is 0 Å². The topological polar surface area (TPSA) is 0 Å². The molecule has 0 N–H and O–H groups in total. The molecule has 0 heterocycles. The summed E-state index contributed by atoms with van der Waals surface area (Å²) in [5.41, 5.74) is 7.15. The molecule has 0 aromatic heterocycles. The molecule has 4 unspecified atom stereocenters.